The lowest BCUT2D eigenvalue weighted by atomic mass is 9.60. The van der Waals surface area contributed by atoms with Crippen LogP contribution in [0.1, 0.15) is 50.2 Å². The fourth-order valence-corrected chi connectivity index (χ4v) is 6.27. The largest absolute Gasteiger partial charge is 0.363 e. The molecule has 0 N–H and O–H groups in total. The number of para-hydroxylation sites is 1. The number of carbonyl (C=O) groups excluding carboxylic acids is 1. The second-order valence-electron chi connectivity index (χ2n) is 8.45. The lowest BCUT2D eigenvalue weighted by molar-refractivity contribution is -0.136. The van der Waals surface area contributed by atoms with Crippen LogP contribution in [-0.2, 0) is 16.8 Å². The highest BCUT2D eigenvalue weighted by Crippen LogP contribution is 2.57. The topological polar surface area (TPSA) is 23.6 Å². The van der Waals surface area contributed by atoms with E-state index in [4.69, 9.17) is 0 Å². The van der Waals surface area contributed by atoms with Crippen molar-refractivity contribution in [2.24, 2.45) is 0 Å². The van der Waals surface area contributed by atoms with E-state index in [2.05, 4.69) is 64.4 Å². The molecule has 1 saturated heterocycles. The summed E-state index contributed by atoms with van der Waals surface area (Å²) in [5.41, 5.74) is 4.35. The second kappa shape index (κ2) is 6.40. The summed E-state index contributed by atoms with van der Waals surface area (Å²) < 4.78 is 0. The fourth-order valence-electron chi connectivity index (χ4n) is 6.27. The number of piperidine rings is 1. The van der Waals surface area contributed by atoms with Crippen LogP contribution in [0.5, 0.6) is 0 Å². The summed E-state index contributed by atoms with van der Waals surface area (Å²) in [6.07, 6.45) is 5.89. The van der Waals surface area contributed by atoms with E-state index in [1.54, 1.807) is 6.92 Å². The molecule has 5 rings (SSSR count). The number of rotatable bonds is 2. The van der Waals surface area contributed by atoms with Gasteiger partial charge < -0.3 is 9.80 Å². The molecule has 1 saturated carbocycles. The lowest BCUT2D eigenvalue weighted by Crippen LogP contribution is -2.63. The van der Waals surface area contributed by atoms with Gasteiger partial charge in [0.1, 0.15) is 0 Å². The highest BCUT2D eigenvalue weighted by Gasteiger charge is 2.59. The maximum absolute atomic E-state index is 12.4. The number of amides is 1. The van der Waals surface area contributed by atoms with Crippen molar-refractivity contribution in [2.75, 3.05) is 11.4 Å². The van der Waals surface area contributed by atoms with E-state index in [1.165, 1.54) is 36.1 Å². The number of hydrogen-bond acceptors (Lipinski definition) is 2. The van der Waals surface area contributed by atoms with Gasteiger partial charge in [-0.2, -0.15) is 0 Å². The summed E-state index contributed by atoms with van der Waals surface area (Å²) in [5.74, 6) is 0.249. The van der Waals surface area contributed by atoms with Gasteiger partial charge in [-0.1, -0.05) is 48.5 Å². The van der Waals surface area contributed by atoms with Crippen molar-refractivity contribution in [2.45, 2.75) is 63.1 Å². The Kier molecular flexibility index (Phi) is 3.99. The summed E-state index contributed by atoms with van der Waals surface area (Å²) in [4.78, 5) is 17.3. The maximum Gasteiger partial charge on any atom is 0.219 e. The summed E-state index contributed by atoms with van der Waals surface area (Å²) in [6, 6.07) is 20.7. The van der Waals surface area contributed by atoms with E-state index >= 15 is 0 Å². The Hall–Kier alpha value is -2.29. The van der Waals surface area contributed by atoms with Crippen LogP contribution in [0, 0.1) is 0 Å². The van der Waals surface area contributed by atoms with Gasteiger partial charge in [0.2, 0.25) is 5.91 Å². The number of likely N-dealkylation sites (tertiary alicyclic amines) is 1. The molecule has 1 unspecified atom stereocenters. The average Bonchev–Trinajstić information content (AvgIpc) is 2.97. The Labute approximate surface area is 162 Å². The average molecular weight is 361 g/mol. The minimum Gasteiger partial charge on any atom is -0.363 e. The van der Waals surface area contributed by atoms with Gasteiger partial charge in [0.25, 0.3) is 0 Å². The smallest absolute Gasteiger partial charge is 0.219 e. The van der Waals surface area contributed by atoms with Crippen molar-refractivity contribution >= 4 is 11.6 Å². The molecule has 3 nitrogen and oxygen atoms in total. The third-order valence-electron chi connectivity index (χ3n) is 7.20. The zero-order valence-electron chi connectivity index (χ0n) is 16.1. The first kappa shape index (κ1) is 16.9. The number of hydrogen-bond donors (Lipinski definition) is 0. The van der Waals surface area contributed by atoms with Gasteiger partial charge in [0, 0.05) is 43.2 Å². The minimum absolute atomic E-state index is 0.105. The molecular formula is C24H28N2O. The molecule has 0 aromatic heterocycles. The van der Waals surface area contributed by atoms with Crippen LogP contribution < -0.4 is 4.90 Å². The first-order valence-electron chi connectivity index (χ1n) is 10.4. The Balaban J connectivity index is 1.62. The molecule has 1 amide bonds. The first-order valence-corrected chi connectivity index (χ1v) is 10.4. The summed E-state index contributed by atoms with van der Waals surface area (Å²) in [7, 11) is 0. The Morgan fingerprint density at radius 1 is 1.00 bits per heavy atom. The van der Waals surface area contributed by atoms with E-state index in [-0.39, 0.29) is 11.3 Å². The predicted molar refractivity (Wildman–Crippen MR) is 109 cm³/mol. The predicted octanol–water partition coefficient (Wildman–Crippen LogP) is 4.51. The number of anilines is 1. The summed E-state index contributed by atoms with van der Waals surface area (Å²) >= 11 is 0. The van der Waals surface area contributed by atoms with Crippen LogP contribution in [-0.4, -0.2) is 29.4 Å². The van der Waals surface area contributed by atoms with Crippen molar-refractivity contribution < 1.29 is 4.79 Å². The molecule has 1 aliphatic carbocycles. The SMILES string of the molecule is CC(=O)N1CCC[C@@]23c4ccccc4N(Cc4ccccc4)C2CCC[C@H]13. The summed E-state index contributed by atoms with van der Waals surface area (Å²) in [5, 5.41) is 0. The Morgan fingerprint density at radius 2 is 1.74 bits per heavy atom. The molecule has 140 valence electrons. The Morgan fingerprint density at radius 3 is 2.56 bits per heavy atom. The third kappa shape index (κ3) is 2.44. The van der Waals surface area contributed by atoms with Crippen LogP contribution in [0.2, 0.25) is 0 Å². The molecule has 2 aliphatic heterocycles. The molecule has 2 aromatic carbocycles. The van der Waals surface area contributed by atoms with Gasteiger partial charge in [0.15, 0.2) is 0 Å². The van der Waals surface area contributed by atoms with Crippen molar-refractivity contribution in [1.29, 1.82) is 0 Å². The highest BCUT2D eigenvalue weighted by atomic mass is 16.2. The number of carbonyl (C=O) groups is 1. The fraction of sp³-hybridized carbons (Fsp3) is 0.458. The van der Waals surface area contributed by atoms with Gasteiger partial charge in [-0.05, 0) is 49.3 Å². The van der Waals surface area contributed by atoms with Crippen molar-refractivity contribution in [3.8, 4) is 0 Å². The van der Waals surface area contributed by atoms with Gasteiger partial charge in [-0.25, -0.2) is 0 Å². The van der Waals surface area contributed by atoms with Gasteiger partial charge in [0.05, 0.1) is 0 Å². The van der Waals surface area contributed by atoms with E-state index in [0.29, 0.717) is 12.1 Å². The molecular weight excluding hydrogens is 332 g/mol. The van der Waals surface area contributed by atoms with Gasteiger partial charge in [-0.3, -0.25) is 4.79 Å². The van der Waals surface area contributed by atoms with Gasteiger partial charge >= 0.3 is 0 Å². The molecule has 2 heterocycles. The van der Waals surface area contributed by atoms with E-state index in [0.717, 1.165) is 25.9 Å². The second-order valence-corrected chi connectivity index (χ2v) is 8.45. The summed E-state index contributed by atoms with van der Waals surface area (Å²) in [6.45, 7) is 3.64. The molecule has 3 heteroatoms. The van der Waals surface area contributed by atoms with Gasteiger partial charge in [-0.15, -0.1) is 0 Å². The standard InChI is InChI=1S/C24H28N2O/c1-18(27)25-16-8-15-24-20-11-5-6-12-21(20)26(17-19-9-3-2-4-10-19)23(24)14-7-13-22(24)25/h2-6,9-12,22-23H,7-8,13-17H2,1H3/t22-,23?,24-/m0/s1. The molecule has 1 spiro atoms. The number of benzene rings is 2. The van der Waals surface area contributed by atoms with Crippen molar-refractivity contribution in [3.63, 3.8) is 0 Å². The lowest BCUT2D eigenvalue weighted by Gasteiger charge is -2.55. The van der Waals surface area contributed by atoms with Crippen LogP contribution >= 0.6 is 0 Å². The molecule has 0 radical (unpaired) electrons. The molecule has 27 heavy (non-hydrogen) atoms. The van der Waals surface area contributed by atoms with Crippen LogP contribution in [0.15, 0.2) is 54.6 Å². The zero-order chi connectivity index (χ0) is 18.4. The molecule has 2 aromatic rings. The quantitative estimate of drug-likeness (QED) is 0.787. The van der Waals surface area contributed by atoms with E-state index < -0.39 is 0 Å². The molecule has 2 fully saturated rings. The number of nitrogens with zero attached hydrogens (tertiary/aromatic N) is 2. The normalized spacial score (nSPS) is 29.1. The highest BCUT2D eigenvalue weighted by molar-refractivity contribution is 5.75. The maximum atomic E-state index is 12.4. The van der Waals surface area contributed by atoms with E-state index in [9.17, 15) is 4.79 Å². The first-order chi connectivity index (χ1) is 13.2. The Bertz CT molecular complexity index is 848. The minimum atomic E-state index is 0.105. The molecule has 3 aliphatic rings. The van der Waals surface area contributed by atoms with Crippen molar-refractivity contribution in [3.05, 3.63) is 65.7 Å². The van der Waals surface area contributed by atoms with Crippen LogP contribution in [0.25, 0.3) is 0 Å². The third-order valence-corrected chi connectivity index (χ3v) is 7.20. The van der Waals surface area contributed by atoms with Crippen molar-refractivity contribution in [1.82, 2.24) is 4.90 Å². The zero-order valence-corrected chi connectivity index (χ0v) is 16.1. The number of fused-ring (bicyclic) bond motifs is 1. The van der Waals surface area contributed by atoms with Crippen LogP contribution in [0.3, 0.4) is 0 Å². The monoisotopic (exact) mass is 360 g/mol. The van der Waals surface area contributed by atoms with Crippen LogP contribution in [0.4, 0.5) is 5.69 Å². The molecule has 0 bridgehead atoms. The molecule has 3 atom stereocenters. The van der Waals surface area contributed by atoms with E-state index in [1.807, 2.05) is 0 Å².